The highest BCUT2D eigenvalue weighted by atomic mass is 32.1. The molecule has 3 aromatic carbocycles. The Bertz CT molecular complexity index is 1120. The van der Waals surface area contributed by atoms with Crippen LogP contribution < -0.4 is 0 Å². The molecular weight excluding hydrogens is 348 g/mol. The second-order valence-electron chi connectivity index (χ2n) is 6.46. The Labute approximate surface area is 162 Å². The molecule has 2 heteroatoms. The molecule has 1 nitrogen and oxygen atoms in total. The molecule has 0 saturated carbocycles. The van der Waals surface area contributed by atoms with E-state index in [-0.39, 0.29) is 0 Å². The maximum Gasteiger partial charge on any atom is 0.371 e. The van der Waals surface area contributed by atoms with Gasteiger partial charge in [0, 0.05) is 10.3 Å². The summed E-state index contributed by atoms with van der Waals surface area (Å²) in [5, 5.41) is 1.25. The Morgan fingerprint density at radius 2 is 1.15 bits per heavy atom. The fraction of sp³-hybridized carbons (Fsp3) is 0. The Morgan fingerprint density at radius 1 is 0.519 bits per heavy atom. The maximum atomic E-state index is 6.35. The zero-order chi connectivity index (χ0) is 18.1. The average molecular weight is 365 g/mol. The van der Waals surface area contributed by atoms with Gasteiger partial charge in [0.15, 0.2) is 0 Å². The minimum atomic E-state index is 0.879. The molecule has 0 unspecified atom stereocenters. The van der Waals surface area contributed by atoms with Crippen molar-refractivity contribution >= 4 is 21.4 Å². The van der Waals surface area contributed by atoms with Crippen molar-refractivity contribution in [3.8, 4) is 33.1 Å². The van der Waals surface area contributed by atoms with E-state index in [9.17, 15) is 0 Å². The topological polar surface area (TPSA) is 11.3 Å². The zero-order valence-corrected chi connectivity index (χ0v) is 15.4. The Morgan fingerprint density at radius 3 is 1.89 bits per heavy atom. The molecule has 0 radical (unpaired) electrons. The Kier molecular flexibility index (Phi) is 4.04. The molecule has 0 aliphatic rings. The summed E-state index contributed by atoms with van der Waals surface area (Å²) in [6, 6.07) is 35.7. The van der Waals surface area contributed by atoms with E-state index < -0.39 is 0 Å². The SMILES string of the molecule is c1ccc(-c2cc(-c3ccccc3)[o+]c(-c3cc4ccccc4s3)c2)cc1. The van der Waals surface area contributed by atoms with Gasteiger partial charge in [-0.05, 0) is 35.2 Å². The van der Waals surface area contributed by atoms with Crippen LogP contribution in [-0.4, -0.2) is 0 Å². The number of fused-ring (bicyclic) bond motifs is 1. The summed E-state index contributed by atoms with van der Waals surface area (Å²) in [4.78, 5) is 1.14. The number of thiophene rings is 1. The third-order valence-corrected chi connectivity index (χ3v) is 5.76. The van der Waals surface area contributed by atoms with Crippen molar-refractivity contribution in [1.82, 2.24) is 0 Å². The highest BCUT2D eigenvalue weighted by Gasteiger charge is 2.22. The summed E-state index contributed by atoms with van der Waals surface area (Å²) < 4.78 is 7.62. The first kappa shape index (κ1) is 16.0. The van der Waals surface area contributed by atoms with Crippen LogP contribution in [-0.2, 0) is 0 Å². The molecule has 0 amide bonds. The fourth-order valence-electron chi connectivity index (χ4n) is 3.27. The molecule has 0 aliphatic heterocycles. The van der Waals surface area contributed by atoms with Gasteiger partial charge in [-0.2, -0.15) is 0 Å². The van der Waals surface area contributed by atoms with Crippen molar-refractivity contribution in [2.45, 2.75) is 0 Å². The van der Waals surface area contributed by atoms with Crippen LogP contribution in [0.3, 0.4) is 0 Å². The van der Waals surface area contributed by atoms with Gasteiger partial charge in [-0.3, -0.25) is 0 Å². The Balaban J connectivity index is 1.72. The highest BCUT2D eigenvalue weighted by molar-refractivity contribution is 7.22. The third kappa shape index (κ3) is 3.16. The van der Waals surface area contributed by atoms with Crippen molar-refractivity contribution in [2.75, 3.05) is 0 Å². The average Bonchev–Trinajstić information content (AvgIpc) is 3.19. The number of hydrogen-bond donors (Lipinski definition) is 0. The zero-order valence-electron chi connectivity index (χ0n) is 14.6. The lowest BCUT2D eigenvalue weighted by Crippen LogP contribution is -1.84. The molecule has 0 fully saturated rings. The van der Waals surface area contributed by atoms with Gasteiger partial charge in [-0.25, -0.2) is 4.42 Å². The number of rotatable bonds is 3. The quantitative estimate of drug-likeness (QED) is 0.297. The smallest absolute Gasteiger partial charge is 0.206 e. The van der Waals surface area contributed by atoms with Gasteiger partial charge >= 0.3 is 11.5 Å². The van der Waals surface area contributed by atoms with Crippen molar-refractivity contribution in [2.24, 2.45) is 0 Å². The molecule has 0 N–H and O–H groups in total. The molecule has 0 spiro atoms. The number of hydrogen-bond acceptors (Lipinski definition) is 1. The van der Waals surface area contributed by atoms with Crippen molar-refractivity contribution in [3.05, 3.63) is 103 Å². The van der Waals surface area contributed by atoms with Crippen LogP contribution in [0.2, 0.25) is 0 Å². The van der Waals surface area contributed by atoms with Gasteiger partial charge in [-0.15, -0.1) is 11.3 Å². The largest absolute Gasteiger partial charge is 0.371 e. The first-order chi connectivity index (χ1) is 13.4. The predicted molar refractivity (Wildman–Crippen MR) is 115 cm³/mol. The van der Waals surface area contributed by atoms with E-state index >= 15 is 0 Å². The molecule has 0 bridgehead atoms. The van der Waals surface area contributed by atoms with E-state index in [1.54, 1.807) is 11.3 Å². The third-order valence-electron chi connectivity index (χ3n) is 4.63. The molecule has 5 rings (SSSR count). The fourth-order valence-corrected chi connectivity index (χ4v) is 4.28. The molecule has 2 heterocycles. The molecule has 2 aromatic heterocycles. The minimum Gasteiger partial charge on any atom is -0.206 e. The van der Waals surface area contributed by atoms with Crippen LogP contribution in [0.25, 0.3) is 43.2 Å². The van der Waals surface area contributed by atoms with Crippen LogP contribution in [0.5, 0.6) is 0 Å². The molecule has 0 saturated heterocycles. The standard InChI is InChI=1S/C25H17OS/c1-3-9-18(10-4-1)21-15-22(19-11-5-2-6-12-19)26-23(16-21)25-17-20-13-7-8-14-24(20)27-25/h1-17H/q+1. The summed E-state index contributed by atoms with van der Waals surface area (Å²) in [5.41, 5.74) is 3.43. The van der Waals surface area contributed by atoms with Gasteiger partial charge in [0.1, 0.15) is 4.88 Å². The lowest BCUT2D eigenvalue weighted by Gasteiger charge is -2.01. The van der Waals surface area contributed by atoms with Crippen LogP contribution in [0, 0.1) is 0 Å². The Hall–Kier alpha value is -3.23. The second kappa shape index (κ2) is 6.82. The van der Waals surface area contributed by atoms with Crippen LogP contribution in [0.1, 0.15) is 0 Å². The maximum absolute atomic E-state index is 6.35. The van der Waals surface area contributed by atoms with E-state index in [1.807, 2.05) is 24.3 Å². The van der Waals surface area contributed by atoms with Gasteiger partial charge in [0.05, 0.1) is 17.7 Å². The second-order valence-corrected chi connectivity index (χ2v) is 7.54. The summed E-state index contributed by atoms with van der Waals surface area (Å²) in [6.07, 6.45) is 0. The first-order valence-corrected chi connectivity index (χ1v) is 9.76. The molecule has 5 aromatic rings. The first-order valence-electron chi connectivity index (χ1n) is 8.95. The molecule has 27 heavy (non-hydrogen) atoms. The van der Waals surface area contributed by atoms with Gasteiger partial charge < -0.3 is 0 Å². The summed E-state index contributed by atoms with van der Waals surface area (Å²) in [6.45, 7) is 0. The van der Waals surface area contributed by atoms with E-state index in [0.29, 0.717) is 0 Å². The molecule has 128 valence electrons. The van der Waals surface area contributed by atoms with E-state index in [2.05, 4.69) is 78.9 Å². The van der Waals surface area contributed by atoms with E-state index in [0.717, 1.165) is 27.5 Å². The van der Waals surface area contributed by atoms with Crippen LogP contribution >= 0.6 is 11.3 Å². The van der Waals surface area contributed by atoms with E-state index in [1.165, 1.54) is 15.6 Å². The summed E-state index contributed by atoms with van der Waals surface area (Å²) in [5.74, 6) is 1.78. The molecular formula is C25H17OS+. The van der Waals surface area contributed by atoms with Crippen LogP contribution in [0.4, 0.5) is 0 Å². The summed E-state index contributed by atoms with van der Waals surface area (Å²) >= 11 is 1.76. The van der Waals surface area contributed by atoms with Gasteiger partial charge in [-0.1, -0.05) is 66.7 Å². The molecule has 0 atom stereocenters. The van der Waals surface area contributed by atoms with E-state index in [4.69, 9.17) is 4.42 Å². The number of benzene rings is 3. The lowest BCUT2D eigenvalue weighted by atomic mass is 10.0. The normalized spacial score (nSPS) is 11.0. The van der Waals surface area contributed by atoms with Crippen molar-refractivity contribution in [1.29, 1.82) is 0 Å². The van der Waals surface area contributed by atoms with Crippen molar-refractivity contribution < 1.29 is 4.42 Å². The summed E-state index contributed by atoms with van der Waals surface area (Å²) in [7, 11) is 0. The minimum absolute atomic E-state index is 0.879. The van der Waals surface area contributed by atoms with Gasteiger partial charge in [0.2, 0.25) is 0 Å². The predicted octanol–water partition coefficient (Wildman–Crippen LogP) is 7.78. The monoisotopic (exact) mass is 365 g/mol. The van der Waals surface area contributed by atoms with Crippen LogP contribution in [0.15, 0.2) is 108 Å². The van der Waals surface area contributed by atoms with Gasteiger partial charge in [0.25, 0.3) is 0 Å². The highest BCUT2D eigenvalue weighted by Crippen LogP contribution is 2.38. The lowest BCUT2D eigenvalue weighted by molar-refractivity contribution is 0.584. The van der Waals surface area contributed by atoms with Crippen molar-refractivity contribution in [3.63, 3.8) is 0 Å². The molecule has 0 aliphatic carbocycles.